The molecule has 3 aromatic rings. The Hall–Kier alpha value is -3.44. The second-order valence-electron chi connectivity index (χ2n) is 8.28. The monoisotopic (exact) mass is 427 g/mol. The first-order chi connectivity index (χ1) is 15.6. The van der Waals surface area contributed by atoms with Gasteiger partial charge in [0.05, 0.1) is 0 Å². The molecule has 0 atom stereocenters. The molecule has 4 rings (SSSR count). The molecule has 0 aliphatic carbocycles. The Morgan fingerprint density at radius 2 is 1.50 bits per heavy atom. The van der Waals surface area contributed by atoms with Gasteiger partial charge in [0, 0.05) is 29.9 Å². The molecular weight excluding hydrogens is 398 g/mol. The number of benzene rings is 3. The summed E-state index contributed by atoms with van der Waals surface area (Å²) in [5.41, 5.74) is 5.04. The van der Waals surface area contributed by atoms with Crippen molar-refractivity contribution < 1.29 is 9.59 Å². The van der Waals surface area contributed by atoms with Gasteiger partial charge in [-0.25, -0.2) is 0 Å². The summed E-state index contributed by atoms with van der Waals surface area (Å²) in [4.78, 5) is 27.8. The van der Waals surface area contributed by atoms with E-state index >= 15 is 0 Å². The van der Waals surface area contributed by atoms with Gasteiger partial charge in [-0.3, -0.25) is 14.5 Å². The third-order valence-electron chi connectivity index (χ3n) is 5.93. The SMILES string of the molecule is Cc1ccc(C(=O)NCc2ccccc2CN2CCCC2)cc1NC(=O)c1ccccc1. The molecule has 0 spiro atoms. The van der Waals surface area contributed by atoms with Crippen LogP contribution in [0.1, 0.15) is 50.2 Å². The number of carbonyl (C=O) groups is 2. The van der Waals surface area contributed by atoms with Crippen molar-refractivity contribution in [1.82, 2.24) is 10.2 Å². The Labute approximate surface area is 189 Å². The van der Waals surface area contributed by atoms with Gasteiger partial charge < -0.3 is 10.6 Å². The van der Waals surface area contributed by atoms with Gasteiger partial charge in [-0.05, 0) is 73.8 Å². The van der Waals surface area contributed by atoms with Crippen LogP contribution in [0.25, 0.3) is 0 Å². The average molecular weight is 428 g/mol. The number of hydrogen-bond acceptors (Lipinski definition) is 3. The maximum atomic E-state index is 12.9. The second-order valence-corrected chi connectivity index (χ2v) is 8.28. The summed E-state index contributed by atoms with van der Waals surface area (Å²) in [6, 6.07) is 22.7. The second kappa shape index (κ2) is 10.2. The summed E-state index contributed by atoms with van der Waals surface area (Å²) in [5.74, 6) is -0.349. The lowest BCUT2D eigenvalue weighted by molar-refractivity contribution is 0.0949. The molecule has 2 N–H and O–H groups in total. The molecule has 1 aliphatic heterocycles. The first-order valence-electron chi connectivity index (χ1n) is 11.1. The molecule has 5 heteroatoms. The number of amides is 2. The fraction of sp³-hybridized carbons (Fsp3) is 0.259. The van der Waals surface area contributed by atoms with E-state index in [0.717, 1.165) is 30.8 Å². The zero-order valence-electron chi connectivity index (χ0n) is 18.4. The van der Waals surface area contributed by atoms with Gasteiger partial charge in [0.1, 0.15) is 0 Å². The molecule has 0 saturated carbocycles. The van der Waals surface area contributed by atoms with E-state index in [1.165, 1.54) is 18.4 Å². The normalized spacial score (nSPS) is 13.7. The van der Waals surface area contributed by atoms with E-state index in [4.69, 9.17) is 0 Å². The average Bonchev–Trinajstić information content (AvgIpc) is 3.33. The Morgan fingerprint density at radius 3 is 2.25 bits per heavy atom. The summed E-state index contributed by atoms with van der Waals surface area (Å²) in [6.07, 6.45) is 2.52. The van der Waals surface area contributed by atoms with Crippen molar-refractivity contribution >= 4 is 17.5 Å². The van der Waals surface area contributed by atoms with Gasteiger partial charge in [-0.1, -0.05) is 48.5 Å². The summed E-state index contributed by atoms with van der Waals surface area (Å²) in [6.45, 7) is 5.59. The molecule has 1 saturated heterocycles. The Morgan fingerprint density at radius 1 is 0.812 bits per heavy atom. The van der Waals surface area contributed by atoms with E-state index in [1.807, 2.05) is 37.3 Å². The molecular formula is C27H29N3O2. The quantitative estimate of drug-likeness (QED) is 0.571. The number of nitrogens with zero attached hydrogens (tertiary/aromatic N) is 1. The zero-order valence-corrected chi connectivity index (χ0v) is 18.4. The molecule has 32 heavy (non-hydrogen) atoms. The number of carbonyl (C=O) groups excluding carboxylic acids is 2. The number of anilines is 1. The molecule has 5 nitrogen and oxygen atoms in total. The number of likely N-dealkylation sites (tertiary alicyclic amines) is 1. The molecule has 2 amide bonds. The molecule has 0 aromatic heterocycles. The fourth-order valence-electron chi connectivity index (χ4n) is 4.03. The minimum Gasteiger partial charge on any atom is -0.348 e. The number of hydrogen-bond donors (Lipinski definition) is 2. The highest BCUT2D eigenvalue weighted by atomic mass is 16.2. The van der Waals surface area contributed by atoms with Crippen LogP contribution in [0, 0.1) is 6.92 Å². The van der Waals surface area contributed by atoms with E-state index in [9.17, 15) is 9.59 Å². The fourth-order valence-corrected chi connectivity index (χ4v) is 4.03. The van der Waals surface area contributed by atoms with E-state index in [1.54, 1.807) is 24.3 Å². The van der Waals surface area contributed by atoms with Crippen molar-refractivity contribution in [3.8, 4) is 0 Å². The predicted molar refractivity (Wildman–Crippen MR) is 128 cm³/mol. The third-order valence-corrected chi connectivity index (χ3v) is 5.93. The number of rotatable bonds is 7. The third kappa shape index (κ3) is 5.42. The maximum absolute atomic E-state index is 12.9. The minimum absolute atomic E-state index is 0.156. The van der Waals surface area contributed by atoms with Gasteiger partial charge in [0.15, 0.2) is 0 Å². The van der Waals surface area contributed by atoms with Crippen LogP contribution in [0.3, 0.4) is 0 Å². The lowest BCUT2D eigenvalue weighted by atomic mass is 10.1. The van der Waals surface area contributed by atoms with Crippen molar-refractivity contribution in [3.05, 3.63) is 101 Å². The number of nitrogens with one attached hydrogen (secondary N) is 2. The van der Waals surface area contributed by atoms with Crippen LogP contribution in [-0.2, 0) is 13.1 Å². The topological polar surface area (TPSA) is 61.4 Å². The first-order valence-corrected chi connectivity index (χ1v) is 11.1. The number of aryl methyl sites for hydroxylation is 1. The Bertz CT molecular complexity index is 1090. The largest absolute Gasteiger partial charge is 0.348 e. The van der Waals surface area contributed by atoms with Crippen molar-refractivity contribution in [1.29, 1.82) is 0 Å². The van der Waals surface area contributed by atoms with Gasteiger partial charge in [-0.15, -0.1) is 0 Å². The summed E-state index contributed by atoms with van der Waals surface area (Å²) < 4.78 is 0. The Kier molecular flexibility index (Phi) is 6.97. The lowest BCUT2D eigenvalue weighted by Gasteiger charge is -2.18. The van der Waals surface area contributed by atoms with Gasteiger partial charge >= 0.3 is 0 Å². The van der Waals surface area contributed by atoms with Gasteiger partial charge in [-0.2, -0.15) is 0 Å². The first kappa shape index (κ1) is 21.8. The summed E-state index contributed by atoms with van der Waals surface area (Å²) >= 11 is 0. The van der Waals surface area contributed by atoms with Crippen LogP contribution in [0.5, 0.6) is 0 Å². The van der Waals surface area contributed by atoms with Crippen LogP contribution < -0.4 is 10.6 Å². The van der Waals surface area contributed by atoms with E-state index in [-0.39, 0.29) is 11.8 Å². The smallest absolute Gasteiger partial charge is 0.255 e. The van der Waals surface area contributed by atoms with E-state index in [0.29, 0.717) is 23.4 Å². The molecule has 164 valence electrons. The Balaban J connectivity index is 1.42. The van der Waals surface area contributed by atoms with Gasteiger partial charge in [0.2, 0.25) is 0 Å². The summed E-state index contributed by atoms with van der Waals surface area (Å²) in [5, 5.41) is 5.96. The van der Waals surface area contributed by atoms with Crippen LogP contribution in [0.4, 0.5) is 5.69 Å². The zero-order chi connectivity index (χ0) is 22.3. The molecule has 0 unspecified atom stereocenters. The van der Waals surface area contributed by atoms with E-state index in [2.05, 4.69) is 33.7 Å². The standard InChI is InChI=1S/C27H29N3O2/c1-20-13-14-22(17-25(20)29-27(32)21-9-3-2-4-10-21)26(31)28-18-23-11-5-6-12-24(23)19-30-15-7-8-16-30/h2-6,9-14,17H,7-8,15-16,18-19H2,1H3,(H,28,31)(H,29,32). The van der Waals surface area contributed by atoms with Crippen molar-refractivity contribution in [3.63, 3.8) is 0 Å². The highest BCUT2D eigenvalue weighted by Gasteiger charge is 2.15. The van der Waals surface area contributed by atoms with E-state index < -0.39 is 0 Å². The van der Waals surface area contributed by atoms with Crippen LogP contribution >= 0.6 is 0 Å². The summed E-state index contributed by atoms with van der Waals surface area (Å²) in [7, 11) is 0. The molecule has 3 aromatic carbocycles. The molecule has 0 radical (unpaired) electrons. The minimum atomic E-state index is -0.193. The molecule has 1 aliphatic rings. The molecule has 0 bridgehead atoms. The predicted octanol–water partition coefficient (Wildman–Crippen LogP) is 4.77. The lowest BCUT2D eigenvalue weighted by Crippen LogP contribution is -2.25. The van der Waals surface area contributed by atoms with Crippen molar-refractivity contribution in [2.75, 3.05) is 18.4 Å². The molecule has 1 heterocycles. The van der Waals surface area contributed by atoms with Crippen LogP contribution in [0.15, 0.2) is 72.8 Å². The van der Waals surface area contributed by atoms with Crippen LogP contribution in [-0.4, -0.2) is 29.8 Å². The highest BCUT2D eigenvalue weighted by molar-refractivity contribution is 6.05. The van der Waals surface area contributed by atoms with Crippen LogP contribution in [0.2, 0.25) is 0 Å². The van der Waals surface area contributed by atoms with Crippen molar-refractivity contribution in [2.24, 2.45) is 0 Å². The highest BCUT2D eigenvalue weighted by Crippen LogP contribution is 2.19. The van der Waals surface area contributed by atoms with Gasteiger partial charge in [0.25, 0.3) is 11.8 Å². The maximum Gasteiger partial charge on any atom is 0.255 e. The van der Waals surface area contributed by atoms with Crippen molar-refractivity contribution in [2.45, 2.75) is 32.9 Å². The molecule has 1 fully saturated rings.